The summed E-state index contributed by atoms with van der Waals surface area (Å²) in [4.78, 5) is 46.4. The Hall–Kier alpha value is -4.05. The van der Waals surface area contributed by atoms with Crippen LogP contribution in [0.1, 0.15) is 57.7 Å². The van der Waals surface area contributed by atoms with Crippen LogP contribution in [-0.2, 0) is 34.3 Å². The number of fused-ring (bicyclic) bond motifs is 4. The number of hydrogen-bond acceptors (Lipinski definition) is 10. The second-order valence-corrected chi connectivity index (χ2v) is 15.6. The number of likely N-dealkylation sites (N-methyl/N-ethyl adjacent to an activating group) is 1. The van der Waals surface area contributed by atoms with Crippen molar-refractivity contribution in [3.8, 4) is 5.75 Å². The van der Waals surface area contributed by atoms with Gasteiger partial charge in [-0.15, -0.1) is 0 Å². The fraction of sp³-hybridized carbons (Fsp3) is 0.528. The third-order valence-corrected chi connectivity index (χ3v) is 12.3. The fourth-order valence-electron chi connectivity index (χ4n) is 7.87. The molecule has 0 bridgehead atoms. The number of halogens is 1. The van der Waals surface area contributed by atoms with Gasteiger partial charge in [0.25, 0.3) is 11.8 Å². The Balaban J connectivity index is 1.13. The Labute approximate surface area is 296 Å². The van der Waals surface area contributed by atoms with Crippen molar-refractivity contribution in [3.63, 3.8) is 0 Å². The summed E-state index contributed by atoms with van der Waals surface area (Å²) in [5.74, 6) is -2.71. The molecule has 15 heteroatoms. The molecule has 3 aliphatic heterocycles. The minimum absolute atomic E-state index is 0.0354. The van der Waals surface area contributed by atoms with E-state index < -0.39 is 39.2 Å². The molecule has 1 N–H and O–H groups in total. The molecule has 274 valence electrons. The number of aryl methyl sites for hydroxylation is 1. The van der Waals surface area contributed by atoms with Crippen LogP contribution in [0.25, 0.3) is 11.0 Å². The summed E-state index contributed by atoms with van der Waals surface area (Å²) in [5.41, 5.74) is 2.42. The number of rotatable bonds is 10. The zero-order valence-electron chi connectivity index (χ0n) is 29.4. The van der Waals surface area contributed by atoms with Gasteiger partial charge in [-0.25, -0.2) is 13.9 Å². The summed E-state index contributed by atoms with van der Waals surface area (Å²) in [6.45, 7) is 7.49. The van der Waals surface area contributed by atoms with Gasteiger partial charge in [-0.05, 0) is 74.9 Å². The topological polar surface area (TPSA) is 142 Å². The number of nitrogens with zero attached hydrogens (tertiary/aromatic N) is 4. The largest absolute Gasteiger partial charge is 0.490 e. The van der Waals surface area contributed by atoms with Crippen molar-refractivity contribution in [1.29, 1.82) is 0 Å². The standard InChI is InChI=1S/C36H44FN5O8S/c1-5-24-30(40-14-13-39(3)23(18-40)20-48-4)10-9-26-25-11-12-41(19-29(25)36(45)50-32(24)26)35(44)27-7-8-28(33(31(27)37)49-6-2)34(43)38-51(46,47)42-16-21-15-22(21)17-42/h7-10,21-23H,5-6,11-20H2,1-4H3,(H,38,43)/t21?,22?,23-/m1/s1. The number of amides is 2. The number of piperidine rings is 1. The third-order valence-electron chi connectivity index (χ3n) is 10.8. The molecule has 3 atom stereocenters. The lowest BCUT2D eigenvalue weighted by Gasteiger charge is -2.41. The molecule has 13 nitrogen and oxygen atoms in total. The molecule has 1 aromatic heterocycles. The van der Waals surface area contributed by atoms with E-state index in [4.69, 9.17) is 13.9 Å². The highest BCUT2D eigenvalue weighted by atomic mass is 32.2. The van der Waals surface area contributed by atoms with Crippen molar-refractivity contribution < 1.29 is 36.3 Å². The lowest BCUT2D eigenvalue weighted by Crippen LogP contribution is -2.53. The molecule has 2 unspecified atom stereocenters. The maximum Gasteiger partial charge on any atom is 0.341 e. The summed E-state index contributed by atoms with van der Waals surface area (Å²) in [5, 5.41) is 0.820. The predicted octanol–water partition coefficient (Wildman–Crippen LogP) is 2.78. The van der Waals surface area contributed by atoms with Gasteiger partial charge in [0.05, 0.1) is 42.5 Å². The minimum Gasteiger partial charge on any atom is -0.490 e. The average Bonchev–Trinajstić information content (AvgIpc) is 3.72. The van der Waals surface area contributed by atoms with E-state index in [0.29, 0.717) is 55.5 Å². The number of benzene rings is 2. The van der Waals surface area contributed by atoms with Crippen LogP contribution in [0, 0.1) is 17.7 Å². The van der Waals surface area contributed by atoms with Gasteiger partial charge in [-0.3, -0.25) is 14.5 Å². The summed E-state index contributed by atoms with van der Waals surface area (Å²) in [6, 6.07) is 6.63. The SMILES string of the molecule is CCOc1c(C(=O)NS(=O)(=O)N2CC3CC3C2)ccc(C(=O)N2CCc3c(c(=O)oc4c(CC)c(N5CCN(C)[C@@H](COC)C5)ccc34)C2)c1F. The Morgan fingerprint density at radius 3 is 2.47 bits per heavy atom. The molecule has 3 fully saturated rings. The number of carbonyl (C=O) groups is 2. The zero-order chi connectivity index (χ0) is 36.2. The van der Waals surface area contributed by atoms with Crippen molar-refractivity contribution in [1.82, 2.24) is 18.8 Å². The van der Waals surface area contributed by atoms with Crippen molar-refractivity contribution in [2.45, 2.75) is 45.7 Å². The fourth-order valence-corrected chi connectivity index (χ4v) is 9.12. The van der Waals surface area contributed by atoms with Gasteiger partial charge < -0.3 is 23.7 Å². The van der Waals surface area contributed by atoms with Crippen LogP contribution in [0.2, 0.25) is 0 Å². The molecule has 51 heavy (non-hydrogen) atoms. The van der Waals surface area contributed by atoms with Crippen molar-refractivity contribution in [2.24, 2.45) is 11.8 Å². The van der Waals surface area contributed by atoms with E-state index in [2.05, 4.69) is 22.9 Å². The Morgan fingerprint density at radius 1 is 1.02 bits per heavy atom. The smallest absolute Gasteiger partial charge is 0.341 e. The number of anilines is 1. The summed E-state index contributed by atoms with van der Waals surface area (Å²) >= 11 is 0. The molecule has 4 aliphatic rings. The van der Waals surface area contributed by atoms with Crippen molar-refractivity contribution in [3.05, 3.63) is 68.3 Å². The van der Waals surface area contributed by atoms with Crippen LogP contribution in [0.15, 0.2) is 33.5 Å². The van der Waals surface area contributed by atoms with Crippen LogP contribution in [0.3, 0.4) is 0 Å². The first-order valence-corrected chi connectivity index (χ1v) is 19.0. The lowest BCUT2D eigenvalue weighted by molar-refractivity contribution is 0.0726. The molecule has 1 saturated carbocycles. The van der Waals surface area contributed by atoms with E-state index in [1.807, 2.05) is 17.7 Å². The van der Waals surface area contributed by atoms with Crippen LogP contribution >= 0.6 is 0 Å². The molecule has 4 heterocycles. The molecule has 2 aromatic carbocycles. The van der Waals surface area contributed by atoms with Gasteiger partial charge in [0.1, 0.15) is 5.58 Å². The monoisotopic (exact) mass is 725 g/mol. The first-order valence-electron chi connectivity index (χ1n) is 17.6. The molecule has 7 rings (SSSR count). The number of nitrogens with one attached hydrogen (secondary N) is 1. The molecule has 1 aliphatic carbocycles. The van der Waals surface area contributed by atoms with Crippen molar-refractivity contribution >= 4 is 38.7 Å². The van der Waals surface area contributed by atoms with Crippen molar-refractivity contribution in [2.75, 3.05) is 71.5 Å². The van der Waals surface area contributed by atoms with Gasteiger partial charge in [0.2, 0.25) is 0 Å². The average molecular weight is 726 g/mol. The summed E-state index contributed by atoms with van der Waals surface area (Å²) < 4.78 is 61.9. The number of methoxy groups -OCH3 is 1. The summed E-state index contributed by atoms with van der Waals surface area (Å²) in [7, 11) is -0.340. The van der Waals surface area contributed by atoms with E-state index in [0.717, 1.165) is 54.3 Å². The van der Waals surface area contributed by atoms with E-state index >= 15 is 4.39 Å². The first kappa shape index (κ1) is 35.4. The highest BCUT2D eigenvalue weighted by Crippen LogP contribution is 2.45. The molecular formula is C36H44FN5O8S. The van der Waals surface area contributed by atoms with Gasteiger partial charge >= 0.3 is 15.8 Å². The van der Waals surface area contributed by atoms with Gasteiger partial charge in [-0.1, -0.05) is 6.92 Å². The maximum absolute atomic E-state index is 16.0. The number of hydrogen-bond donors (Lipinski definition) is 1. The minimum atomic E-state index is -4.13. The Morgan fingerprint density at radius 2 is 1.76 bits per heavy atom. The molecule has 2 amide bonds. The normalized spacial score (nSPS) is 22.2. The van der Waals surface area contributed by atoms with Crippen LogP contribution in [0.5, 0.6) is 5.75 Å². The van der Waals surface area contributed by atoms with E-state index in [-0.39, 0.29) is 36.9 Å². The third kappa shape index (κ3) is 6.49. The number of piperazine rings is 1. The van der Waals surface area contributed by atoms with Crippen LogP contribution in [-0.4, -0.2) is 107 Å². The van der Waals surface area contributed by atoms with Gasteiger partial charge in [-0.2, -0.15) is 12.7 Å². The quantitative estimate of drug-likeness (QED) is 0.310. The first-order chi connectivity index (χ1) is 24.4. The van der Waals surface area contributed by atoms with Crippen LogP contribution in [0.4, 0.5) is 10.1 Å². The zero-order valence-corrected chi connectivity index (χ0v) is 30.2. The molecular weight excluding hydrogens is 681 g/mol. The number of ether oxygens (including phenoxy) is 2. The van der Waals surface area contributed by atoms with Gasteiger partial charge in [0.15, 0.2) is 11.6 Å². The second kappa shape index (κ2) is 13.8. The Bertz CT molecular complexity index is 2050. The van der Waals surface area contributed by atoms with E-state index in [1.165, 1.54) is 15.3 Å². The highest BCUT2D eigenvalue weighted by Gasteiger charge is 2.49. The molecule has 0 radical (unpaired) electrons. The predicted molar refractivity (Wildman–Crippen MR) is 188 cm³/mol. The van der Waals surface area contributed by atoms with Crippen LogP contribution < -0.4 is 20.0 Å². The molecule has 0 spiro atoms. The second-order valence-electron chi connectivity index (χ2n) is 13.9. The lowest BCUT2D eigenvalue weighted by atomic mass is 9.94. The molecule has 2 saturated heterocycles. The maximum atomic E-state index is 16.0. The molecule has 3 aromatic rings. The van der Waals surface area contributed by atoms with E-state index in [1.54, 1.807) is 14.0 Å². The number of carbonyl (C=O) groups excluding carboxylic acids is 2. The van der Waals surface area contributed by atoms with Gasteiger partial charge in [0, 0.05) is 63.0 Å². The summed E-state index contributed by atoms with van der Waals surface area (Å²) in [6.07, 6.45) is 1.99. The van der Waals surface area contributed by atoms with E-state index in [9.17, 15) is 22.8 Å². The highest BCUT2D eigenvalue weighted by molar-refractivity contribution is 7.87. The Kier molecular flexibility index (Phi) is 9.58.